The van der Waals surface area contributed by atoms with Crippen LogP contribution in [0.3, 0.4) is 0 Å². The van der Waals surface area contributed by atoms with Gasteiger partial charge in [-0.3, -0.25) is 0 Å². The summed E-state index contributed by atoms with van der Waals surface area (Å²) in [4.78, 5) is 0. The van der Waals surface area contributed by atoms with Crippen LogP contribution in [-0.4, -0.2) is 29.6 Å². The normalized spacial score (nSPS) is 8.11. The van der Waals surface area contributed by atoms with E-state index in [1.54, 1.807) is 0 Å². The van der Waals surface area contributed by atoms with Gasteiger partial charge in [0.1, 0.15) is 0 Å². The van der Waals surface area contributed by atoms with Gasteiger partial charge in [0.2, 0.25) is 0 Å². The molecule has 2 heteroatoms. The fourth-order valence-corrected chi connectivity index (χ4v) is 0.670. The van der Waals surface area contributed by atoms with E-state index in [2.05, 4.69) is 0 Å². The van der Waals surface area contributed by atoms with Crippen molar-refractivity contribution in [1.82, 2.24) is 0 Å². The van der Waals surface area contributed by atoms with Crippen molar-refractivity contribution >= 4 is 35.2 Å². The van der Waals surface area contributed by atoms with Gasteiger partial charge in [-0.25, -0.2) is 0 Å². The second-order valence-corrected chi connectivity index (χ2v) is 1.91. The van der Waals surface area contributed by atoms with E-state index in [0.717, 1.165) is 5.69 Å². The van der Waals surface area contributed by atoms with E-state index in [-0.39, 0.29) is 29.6 Å². The zero-order chi connectivity index (χ0) is 5.98. The minimum absolute atomic E-state index is 0. The molecule has 1 radical (unpaired) electrons. The van der Waals surface area contributed by atoms with Crippen molar-refractivity contribution < 1.29 is 0 Å². The maximum absolute atomic E-state index is 5.46. The summed E-state index contributed by atoms with van der Waals surface area (Å²) >= 11 is 0. The van der Waals surface area contributed by atoms with Crippen LogP contribution in [0.2, 0.25) is 0 Å². The van der Waals surface area contributed by atoms with Gasteiger partial charge in [0, 0.05) is 35.2 Å². The van der Waals surface area contributed by atoms with E-state index in [1.807, 2.05) is 31.2 Å². The van der Waals surface area contributed by atoms with E-state index in [4.69, 9.17) is 5.73 Å². The first-order valence-corrected chi connectivity index (χ1v) is 2.61. The number of anilines is 1. The van der Waals surface area contributed by atoms with Gasteiger partial charge in [0.05, 0.1) is 0 Å². The van der Waals surface area contributed by atoms with E-state index >= 15 is 0 Å². The van der Waals surface area contributed by atoms with E-state index in [9.17, 15) is 0 Å². The molecule has 0 bridgehead atoms. The maximum atomic E-state index is 5.46. The standard InChI is InChI=1S/C7H9N.Na/c1-6-3-2-4-7(8)5-6;/h2-5H,8H2,1H3;. The van der Waals surface area contributed by atoms with Crippen LogP contribution in [0, 0.1) is 6.92 Å². The Morgan fingerprint density at radius 1 is 1.33 bits per heavy atom. The summed E-state index contributed by atoms with van der Waals surface area (Å²) in [5, 5.41) is 0. The van der Waals surface area contributed by atoms with Gasteiger partial charge in [-0.05, 0) is 24.6 Å². The molecule has 43 valence electrons. The molecule has 1 nitrogen and oxygen atoms in total. The SMILES string of the molecule is Cc1cccc(N)c1.[Na]. The zero-order valence-corrected chi connectivity index (χ0v) is 7.89. The van der Waals surface area contributed by atoms with Crippen LogP contribution in [0.4, 0.5) is 5.69 Å². The second-order valence-electron chi connectivity index (χ2n) is 1.91. The molecule has 1 rings (SSSR count). The van der Waals surface area contributed by atoms with Crippen LogP contribution in [0.1, 0.15) is 5.56 Å². The molecule has 0 heterocycles. The molecule has 0 spiro atoms. The quantitative estimate of drug-likeness (QED) is 0.414. The summed E-state index contributed by atoms with van der Waals surface area (Å²) < 4.78 is 0. The number of nitrogen functional groups attached to an aromatic ring is 1. The van der Waals surface area contributed by atoms with Crippen molar-refractivity contribution in [1.29, 1.82) is 0 Å². The number of hydrogen-bond donors (Lipinski definition) is 1. The molecule has 0 fully saturated rings. The van der Waals surface area contributed by atoms with Gasteiger partial charge in [0.25, 0.3) is 0 Å². The average Bonchev–Trinajstić information content (AvgIpc) is 1.64. The molecule has 0 aliphatic heterocycles. The summed E-state index contributed by atoms with van der Waals surface area (Å²) in [6, 6.07) is 7.80. The minimum Gasteiger partial charge on any atom is -0.399 e. The monoisotopic (exact) mass is 130 g/mol. The summed E-state index contributed by atoms with van der Waals surface area (Å²) in [6.07, 6.45) is 0. The molecule has 0 saturated carbocycles. The second kappa shape index (κ2) is 3.94. The number of rotatable bonds is 0. The fraction of sp³-hybridized carbons (Fsp3) is 0.143. The number of hydrogen-bond acceptors (Lipinski definition) is 1. The molecule has 0 unspecified atom stereocenters. The third-order valence-electron chi connectivity index (χ3n) is 1.04. The fourth-order valence-electron chi connectivity index (χ4n) is 0.670. The van der Waals surface area contributed by atoms with Gasteiger partial charge in [-0.2, -0.15) is 0 Å². The molecule has 2 N–H and O–H groups in total. The smallest absolute Gasteiger partial charge is 0.0316 e. The first-order chi connectivity index (χ1) is 3.79. The van der Waals surface area contributed by atoms with Crippen LogP contribution < -0.4 is 5.73 Å². The van der Waals surface area contributed by atoms with Crippen molar-refractivity contribution in [2.75, 3.05) is 5.73 Å². The Balaban J connectivity index is 0.000000640. The van der Waals surface area contributed by atoms with E-state index in [1.165, 1.54) is 5.56 Å². The minimum atomic E-state index is 0. The van der Waals surface area contributed by atoms with Gasteiger partial charge in [-0.15, -0.1) is 0 Å². The average molecular weight is 130 g/mol. The van der Waals surface area contributed by atoms with Crippen molar-refractivity contribution in [3.05, 3.63) is 29.8 Å². The third kappa shape index (κ3) is 2.89. The van der Waals surface area contributed by atoms with Crippen LogP contribution in [0.15, 0.2) is 24.3 Å². The van der Waals surface area contributed by atoms with Crippen molar-refractivity contribution in [2.45, 2.75) is 6.92 Å². The Bertz CT molecular complexity index is 169. The number of aryl methyl sites for hydroxylation is 1. The van der Waals surface area contributed by atoms with Crippen LogP contribution >= 0.6 is 0 Å². The van der Waals surface area contributed by atoms with Gasteiger partial charge in [0.15, 0.2) is 0 Å². The van der Waals surface area contributed by atoms with Crippen LogP contribution in [-0.2, 0) is 0 Å². The summed E-state index contributed by atoms with van der Waals surface area (Å²) in [6.45, 7) is 2.02. The molecule has 0 amide bonds. The predicted octanol–water partition coefficient (Wildman–Crippen LogP) is 1.20. The summed E-state index contributed by atoms with van der Waals surface area (Å²) in [7, 11) is 0. The first kappa shape index (κ1) is 9.02. The molecule has 1 aromatic carbocycles. The molecule has 0 saturated heterocycles. The van der Waals surface area contributed by atoms with Crippen molar-refractivity contribution in [3.8, 4) is 0 Å². The van der Waals surface area contributed by atoms with Crippen molar-refractivity contribution in [3.63, 3.8) is 0 Å². The molecule has 9 heavy (non-hydrogen) atoms. The molecular weight excluding hydrogens is 121 g/mol. The Morgan fingerprint density at radius 3 is 2.33 bits per heavy atom. The van der Waals surface area contributed by atoms with Gasteiger partial charge in [-0.1, -0.05) is 12.1 Å². The number of nitrogens with two attached hydrogens (primary N) is 1. The van der Waals surface area contributed by atoms with Gasteiger partial charge < -0.3 is 5.73 Å². The molecule has 0 aliphatic carbocycles. The molecule has 0 atom stereocenters. The Labute approximate surface area is 77.5 Å². The van der Waals surface area contributed by atoms with E-state index < -0.39 is 0 Å². The van der Waals surface area contributed by atoms with Crippen LogP contribution in [0.5, 0.6) is 0 Å². The van der Waals surface area contributed by atoms with Gasteiger partial charge >= 0.3 is 0 Å². The predicted molar refractivity (Wildman–Crippen MR) is 41.3 cm³/mol. The summed E-state index contributed by atoms with van der Waals surface area (Å²) in [5.41, 5.74) is 7.51. The maximum Gasteiger partial charge on any atom is 0.0316 e. The topological polar surface area (TPSA) is 26.0 Å². The van der Waals surface area contributed by atoms with Crippen molar-refractivity contribution in [2.24, 2.45) is 0 Å². The third-order valence-corrected chi connectivity index (χ3v) is 1.04. The van der Waals surface area contributed by atoms with E-state index in [0.29, 0.717) is 0 Å². The number of benzene rings is 1. The Hall–Kier alpha value is 0.0200. The Kier molecular flexibility index (Phi) is 3.95. The molecular formula is C7H9NNa. The van der Waals surface area contributed by atoms with Crippen LogP contribution in [0.25, 0.3) is 0 Å². The zero-order valence-electron chi connectivity index (χ0n) is 5.89. The summed E-state index contributed by atoms with van der Waals surface area (Å²) in [5.74, 6) is 0. The Morgan fingerprint density at radius 2 is 2.00 bits per heavy atom. The molecule has 0 aromatic heterocycles. The molecule has 1 aromatic rings. The molecule has 0 aliphatic rings. The largest absolute Gasteiger partial charge is 0.399 e. The first-order valence-electron chi connectivity index (χ1n) is 2.61.